The normalized spacial score (nSPS) is 21.3. The Morgan fingerprint density at radius 3 is 2.40 bits per heavy atom. The topological polar surface area (TPSA) is 46.2 Å². The van der Waals surface area contributed by atoms with Crippen molar-refractivity contribution in [1.29, 1.82) is 0 Å². The Balaban J connectivity index is 2.21. The lowest BCUT2D eigenvalue weighted by Gasteiger charge is -2.30. The molecule has 0 fully saturated rings. The molecular weight excluding hydrogens is 281 g/mol. The minimum atomic E-state index is -1.86. The molecule has 0 saturated heterocycles. The first-order valence-corrected chi connectivity index (χ1v) is 6.32. The van der Waals surface area contributed by atoms with E-state index in [1.54, 1.807) is 30.3 Å². The van der Waals surface area contributed by atoms with Gasteiger partial charge >= 0.3 is 0 Å². The molecular formula is C15H9ClFNO2. The van der Waals surface area contributed by atoms with E-state index in [0.29, 0.717) is 5.56 Å². The SMILES string of the molecule is O=C1Nc2c(F)cccc2C(=O)[C@]1(Cl)c1ccccc1. The van der Waals surface area contributed by atoms with E-state index >= 15 is 0 Å². The third-order valence-electron chi connectivity index (χ3n) is 3.29. The van der Waals surface area contributed by atoms with Crippen LogP contribution in [0.4, 0.5) is 10.1 Å². The number of halogens is 2. The van der Waals surface area contributed by atoms with Gasteiger partial charge in [-0.25, -0.2) is 4.39 Å². The summed E-state index contributed by atoms with van der Waals surface area (Å²) in [4.78, 5) is 22.9. The highest BCUT2D eigenvalue weighted by Crippen LogP contribution is 2.40. The van der Waals surface area contributed by atoms with Crippen LogP contribution in [0, 0.1) is 5.82 Å². The molecule has 1 heterocycles. The predicted molar refractivity (Wildman–Crippen MR) is 73.3 cm³/mol. The first kappa shape index (κ1) is 12.8. The van der Waals surface area contributed by atoms with Gasteiger partial charge in [0.05, 0.1) is 5.69 Å². The molecule has 3 nitrogen and oxygen atoms in total. The molecule has 3 rings (SSSR count). The van der Waals surface area contributed by atoms with Crippen LogP contribution in [0.3, 0.4) is 0 Å². The van der Waals surface area contributed by atoms with Crippen molar-refractivity contribution in [1.82, 2.24) is 0 Å². The van der Waals surface area contributed by atoms with Crippen molar-refractivity contribution in [3.05, 3.63) is 65.5 Å². The predicted octanol–water partition coefficient (Wildman–Crippen LogP) is 3.09. The van der Waals surface area contributed by atoms with Gasteiger partial charge in [0.15, 0.2) is 5.78 Å². The highest BCUT2D eigenvalue weighted by Gasteiger charge is 2.50. The zero-order valence-electron chi connectivity index (χ0n) is 10.2. The fraction of sp³-hybridized carbons (Fsp3) is 0.0667. The third-order valence-corrected chi connectivity index (χ3v) is 3.86. The Hall–Kier alpha value is -2.20. The van der Waals surface area contributed by atoms with Crippen molar-refractivity contribution in [3.63, 3.8) is 0 Å². The van der Waals surface area contributed by atoms with E-state index in [0.717, 1.165) is 0 Å². The van der Waals surface area contributed by atoms with E-state index in [4.69, 9.17) is 11.6 Å². The molecule has 0 spiro atoms. The molecule has 1 N–H and O–H groups in total. The Labute approximate surface area is 119 Å². The summed E-state index contributed by atoms with van der Waals surface area (Å²) in [5, 5.41) is 2.38. The molecule has 0 aliphatic carbocycles. The standard InChI is InChI=1S/C15H9ClFNO2/c16-15(9-5-2-1-3-6-9)13(19)10-7-4-8-11(17)12(10)18-14(15)20/h1-8H,(H,18,20)/t15-/m1/s1. The number of carbonyl (C=O) groups excluding carboxylic acids is 2. The maximum atomic E-state index is 13.7. The molecule has 1 aliphatic rings. The summed E-state index contributed by atoms with van der Waals surface area (Å²) in [5.41, 5.74) is 0.317. The van der Waals surface area contributed by atoms with Gasteiger partial charge in [-0.3, -0.25) is 9.59 Å². The second kappa shape index (κ2) is 4.42. The molecule has 0 bridgehead atoms. The number of hydrogen-bond acceptors (Lipinski definition) is 2. The number of hydrogen-bond donors (Lipinski definition) is 1. The van der Waals surface area contributed by atoms with E-state index in [1.807, 2.05) is 0 Å². The molecule has 1 amide bonds. The summed E-state index contributed by atoms with van der Waals surface area (Å²) in [7, 11) is 0. The maximum absolute atomic E-state index is 13.7. The van der Waals surface area contributed by atoms with Crippen LogP contribution < -0.4 is 5.32 Å². The van der Waals surface area contributed by atoms with Crippen molar-refractivity contribution < 1.29 is 14.0 Å². The molecule has 0 unspecified atom stereocenters. The zero-order chi connectivity index (χ0) is 14.3. The molecule has 2 aromatic carbocycles. The number of Topliss-reactive ketones (excluding diaryl/α,β-unsaturated/α-hetero) is 1. The molecule has 2 aromatic rings. The van der Waals surface area contributed by atoms with E-state index in [2.05, 4.69) is 5.32 Å². The van der Waals surface area contributed by atoms with Crippen LogP contribution in [0.15, 0.2) is 48.5 Å². The smallest absolute Gasteiger partial charge is 0.258 e. The van der Waals surface area contributed by atoms with Gasteiger partial charge in [-0.1, -0.05) is 48.0 Å². The lowest BCUT2D eigenvalue weighted by molar-refractivity contribution is -0.118. The number of carbonyl (C=O) groups is 2. The van der Waals surface area contributed by atoms with Gasteiger partial charge in [0.25, 0.3) is 5.91 Å². The quantitative estimate of drug-likeness (QED) is 0.648. The molecule has 0 radical (unpaired) electrons. The summed E-state index contributed by atoms with van der Waals surface area (Å²) in [6.07, 6.45) is 0. The highest BCUT2D eigenvalue weighted by molar-refractivity contribution is 6.51. The van der Waals surface area contributed by atoms with Crippen molar-refractivity contribution in [3.8, 4) is 0 Å². The number of nitrogens with one attached hydrogen (secondary N) is 1. The molecule has 5 heteroatoms. The van der Waals surface area contributed by atoms with Crippen LogP contribution in [0.5, 0.6) is 0 Å². The average molecular weight is 290 g/mol. The Kier molecular flexibility index (Phi) is 2.83. The summed E-state index contributed by atoms with van der Waals surface area (Å²) >= 11 is 6.30. The number of alkyl halides is 1. The van der Waals surface area contributed by atoms with E-state index in [-0.39, 0.29) is 11.3 Å². The van der Waals surface area contributed by atoms with Gasteiger partial charge in [-0.15, -0.1) is 0 Å². The van der Waals surface area contributed by atoms with Crippen LogP contribution in [-0.4, -0.2) is 11.7 Å². The van der Waals surface area contributed by atoms with Gasteiger partial charge in [0.2, 0.25) is 4.87 Å². The number of rotatable bonds is 1. The van der Waals surface area contributed by atoms with Crippen LogP contribution in [0.2, 0.25) is 0 Å². The van der Waals surface area contributed by atoms with Gasteiger partial charge in [-0.05, 0) is 17.7 Å². The molecule has 1 aliphatic heterocycles. The third kappa shape index (κ3) is 1.65. The van der Waals surface area contributed by atoms with Crippen LogP contribution in [0.25, 0.3) is 0 Å². The largest absolute Gasteiger partial charge is 0.321 e. The van der Waals surface area contributed by atoms with Crippen LogP contribution in [-0.2, 0) is 9.67 Å². The van der Waals surface area contributed by atoms with E-state index in [9.17, 15) is 14.0 Å². The van der Waals surface area contributed by atoms with Gasteiger partial charge in [-0.2, -0.15) is 0 Å². The Morgan fingerprint density at radius 1 is 1.00 bits per heavy atom. The lowest BCUT2D eigenvalue weighted by Crippen LogP contribution is -2.46. The van der Waals surface area contributed by atoms with Gasteiger partial charge < -0.3 is 5.32 Å². The second-order valence-corrected chi connectivity index (χ2v) is 5.04. The monoisotopic (exact) mass is 289 g/mol. The molecule has 100 valence electrons. The van der Waals surface area contributed by atoms with Crippen molar-refractivity contribution in [2.24, 2.45) is 0 Å². The van der Waals surface area contributed by atoms with Crippen molar-refractivity contribution in [2.45, 2.75) is 4.87 Å². The summed E-state index contributed by atoms with van der Waals surface area (Å²) in [5.74, 6) is -2.02. The Bertz CT molecular complexity index is 717. The van der Waals surface area contributed by atoms with Crippen LogP contribution >= 0.6 is 11.6 Å². The van der Waals surface area contributed by atoms with E-state index < -0.39 is 22.4 Å². The summed E-state index contributed by atoms with van der Waals surface area (Å²) in [6.45, 7) is 0. The molecule has 1 atom stereocenters. The maximum Gasteiger partial charge on any atom is 0.258 e. The first-order chi connectivity index (χ1) is 9.55. The minimum absolute atomic E-state index is 0.0726. The molecule has 0 saturated carbocycles. The average Bonchev–Trinajstić information content (AvgIpc) is 2.47. The first-order valence-electron chi connectivity index (χ1n) is 5.94. The number of anilines is 1. The van der Waals surface area contributed by atoms with Gasteiger partial charge in [0.1, 0.15) is 5.82 Å². The lowest BCUT2D eigenvalue weighted by atomic mass is 9.85. The van der Waals surface area contributed by atoms with Gasteiger partial charge in [0, 0.05) is 5.56 Å². The number of benzene rings is 2. The highest BCUT2D eigenvalue weighted by atomic mass is 35.5. The fourth-order valence-electron chi connectivity index (χ4n) is 2.26. The Morgan fingerprint density at radius 2 is 1.70 bits per heavy atom. The number of fused-ring (bicyclic) bond motifs is 1. The number of ketones is 1. The van der Waals surface area contributed by atoms with Crippen molar-refractivity contribution >= 4 is 29.0 Å². The second-order valence-electron chi connectivity index (χ2n) is 4.47. The zero-order valence-corrected chi connectivity index (χ0v) is 10.9. The van der Waals surface area contributed by atoms with Crippen molar-refractivity contribution in [2.75, 3.05) is 5.32 Å². The molecule has 20 heavy (non-hydrogen) atoms. The van der Waals surface area contributed by atoms with E-state index in [1.165, 1.54) is 18.2 Å². The summed E-state index contributed by atoms with van der Waals surface area (Å²) < 4.78 is 13.7. The minimum Gasteiger partial charge on any atom is -0.321 e. The molecule has 0 aromatic heterocycles. The fourth-order valence-corrected chi connectivity index (χ4v) is 2.53. The number of para-hydroxylation sites is 1. The number of amides is 1. The summed E-state index contributed by atoms with van der Waals surface area (Å²) in [6, 6.07) is 12.3. The van der Waals surface area contributed by atoms with Crippen LogP contribution in [0.1, 0.15) is 15.9 Å².